The number of nitrogens with two attached hydrogens (primary N) is 1. The molecule has 0 aromatic carbocycles. The SMILES string of the molecule is NC(=O)Cn1ccc2cnc(-c3c[nH]c4ncncc34)nc21. The van der Waals surface area contributed by atoms with Crippen LogP contribution in [0, 0.1) is 0 Å². The van der Waals surface area contributed by atoms with Gasteiger partial charge in [0.1, 0.15) is 24.2 Å². The average Bonchev–Trinajstić information content (AvgIpc) is 3.11. The quantitative estimate of drug-likeness (QED) is 0.581. The van der Waals surface area contributed by atoms with Gasteiger partial charge < -0.3 is 15.3 Å². The van der Waals surface area contributed by atoms with Crippen molar-refractivity contribution in [1.29, 1.82) is 0 Å². The standard InChI is InChI=1S/C14H11N7O/c15-11(22)6-21-2-1-8-3-17-13(20-14(8)21)10-5-18-12-9(10)4-16-7-19-12/h1-5,7H,6H2,(H2,15,22)(H,16,18,19). The van der Waals surface area contributed by atoms with Crippen LogP contribution in [-0.2, 0) is 11.3 Å². The molecule has 0 spiro atoms. The van der Waals surface area contributed by atoms with E-state index < -0.39 is 5.91 Å². The highest BCUT2D eigenvalue weighted by Crippen LogP contribution is 2.25. The van der Waals surface area contributed by atoms with Crippen LogP contribution in [0.1, 0.15) is 0 Å². The number of carbonyl (C=O) groups excluding carboxylic acids is 1. The Balaban J connectivity index is 1.90. The maximum Gasteiger partial charge on any atom is 0.237 e. The van der Waals surface area contributed by atoms with E-state index >= 15 is 0 Å². The summed E-state index contributed by atoms with van der Waals surface area (Å²) in [5.41, 5.74) is 7.45. The molecule has 0 aliphatic carbocycles. The second-order valence-electron chi connectivity index (χ2n) is 4.87. The van der Waals surface area contributed by atoms with E-state index in [1.165, 1.54) is 6.33 Å². The summed E-state index contributed by atoms with van der Waals surface area (Å²) in [5, 5.41) is 1.69. The zero-order valence-corrected chi connectivity index (χ0v) is 11.4. The number of primary amides is 1. The van der Waals surface area contributed by atoms with E-state index in [1.54, 1.807) is 29.4 Å². The number of fused-ring (bicyclic) bond motifs is 2. The second kappa shape index (κ2) is 4.62. The summed E-state index contributed by atoms with van der Waals surface area (Å²) < 4.78 is 1.70. The van der Waals surface area contributed by atoms with Gasteiger partial charge >= 0.3 is 0 Å². The van der Waals surface area contributed by atoms with Crippen molar-refractivity contribution in [3.8, 4) is 11.4 Å². The van der Waals surface area contributed by atoms with Crippen molar-refractivity contribution in [1.82, 2.24) is 29.5 Å². The van der Waals surface area contributed by atoms with Crippen molar-refractivity contribution in [2.75, 3.05) is 0 Å². The molecule has 22 heavy (non-hydrogen) atoms. The predicted molar refractivity (Wildman–Crippen MR) is 79.6 cm³/mol. The summed E-state index contributed by atoms with van der Waals surface area (Å²) in [6.45, 7) is 0.0803. The monoisotopic (exact) mass is 293 g/mol. The van der Waals surface area contributed by atoms with E-state index in [0.717, 1.165) is 22.0 Å². The third kappa shape index (κ3) is 1.89. The Kier molecular flexibility index (Phi) is 2.62. The molecule has 4 aromatic heterocycles. The molecule has 1 amide bonds. The van der Waals surface area contributed by atoms with Gasteiger partial charge in [0.15, 0.2) is 5.82 Å². The zero-order valence-electron chi connectivity index (χ0n) is 11.4. The largest absolute Gasteiger partial charge is 0.368 e. The predicted octanol–water partition coefficient (Wildman–Crippen LogP) is 0.855. The summed E-state index contributed by atoms with van der Waals surface area (Å²) >= 11 is 0. The summed E-state index contributed by atoms with van der Waals surface area (Å²) in [7, 11) is 0. The van der Waals surface area contributed by atoms with Crippen LogP contribution in [0.2, 0.25) is 0 Å². The first-order chi connectivity index (χ1) is 10.7. The third-order valence-corrected chi connectivity index (χ3v) is 3.42. The van der Waals surface area contributed by atoms with E-state index in [4.69, 9.17) is 5.73 Å². The number of H-pyrrole nitrogens is 1. The topological polar surface area (TPSA) is 115 Å². The molecule has 8 heteroatoms. The van der Waals surface area contributed by atoms with Crippen LogP contribution in [0.15, 0.2) is 37.2 Å². The molecule has 4 heterocycles. The number of hydrogen-bond acceptors (Lipinski definition) is 5. The fourth-order valence-corrected chi connectivity index (χ4v) is 2.44. The lowest BCUT2D eigenvalue weighted by Crippen LogP contribution is -2.18. The van der Waals surface area contributed by atoms with Crippen LogP contribution < -0.4 is 5.73 Å². The molecule has 0 saturated heterocycles. The number of nitrogens with one attached hydrogen (secondary N) is 1. The van der Waals surface area contributed by atoms with Crippen molar-refractivity contribution in [3.05, 3.63) is 37.2 Å². The van der Waals surface area contributed by atoms with Crippen molar-refractivity contribution < 1.29 is 4.79 Å². The number of aromatic amines is 1. The molecular formula is C14H11N7O. The number of amides is 1. The Morgan fingerprint density at radius 3 is 3.09 bits per heavy atom. The second-order valence-corrected chi connectivity index (χ2v) is 4.87. The van der Waals surface area contributed by atoms with Gasteiger partial charge in [0.05, 0.1) is 0 Å². The lowest BCUT2D eigenvalue weighted by molar-refractivity contribution is -0.118. The Bertz CT molecular complexity index is 1000. The molecule has 0 aliphatic rings. The molecule has 4 rings (SSSR count). The minimum Gasteiger partial charge on any atom is -0.368 e. The zero-order chi connectivity index (χ0) is 15.1. The molecule has 8 nitrogen and oxygen atoms in total. The summed E-state index contributed by atoms with van der Waals surface area (Å²) in [5.74, 6) is 0.121. The molecule has 0 atom stereocenters. The highest BCUT2D eigenvalue weighted by Gasteiger charge is 2.12. The molecule has 3 N–H and O–H groups in total. The Hall–Kier alpha value is -3.29. The third-order valence-electron chi connectivity index (χ3n) is 3.42. The molecule has 0 saturated carbocycles. The van der Waals surface area contributed by atoms with Crippen molar-refractivity contribution >= 4 is 28.0 Å². The minimum atomic E-state index is -0.418. The van der Waals surface area contributed by atoms with Crippen molar-refractivity contribution in [3.63, 3.8) is 0 Å². The smallest absolute Gasteiger partial charge is 0.237 e. The maximum atomic E-state index is 11.1. The van der Waals surface area contributed by atoms with Gasteiger partial charge in [-0.05, 0) is 6.07 Å². The van der Waals surface area contributed by atoms with Crippen molar-refractivity contribution in [2.45, 2.75) is 6.54 Å². The van der Waals surface area contributed by atoms with Crippen LogP contribution >= 0.6 is 0 Å². The molecular weight excluding hydrogens is 282 g/mol. The number of aromatic nitrogens is 6. The van der Waals surface area contributed by atoms with Crippen LogP contribution in [0.3, 0.4) is 0 Å². The van der Waals surface area contributed by atoms with Gasteiger partial charge in [-0.15, -0.1) is 0 Å². The normalized spacial score (nSPS) is 11.3. The van der Waals surface area contributed by atoms with Crippen LogP contribution in [0.25, 0.3) is 33.5 Å². The highest BCUT2D eigenvalue weighted by atomic mass is 16.1. The van der Waals surface area contributed by atoms with Gasteiger partial charge in [0.2, 0.25) is 5.91 Å². The maximum absolute atomic E-state index is 11.1. The molecule has 0 radical (unpaired) electrons. The number of hydrogen-bond donors (Lipinski definition) is 2. The average molecular weight is 293 g/mol. The first kappa shape index (κ1) is 12.5. The Labute approximate surface area is 124 Å². The van der Waals surface area contributed by atoms with Crippen LogP contribution in [0.4, 0.5) is 0 Å². The van der Waals surface area contributed by atoms with Crippen molar-refractivity contribution in [2.24, 2.45) is 5.73 Å². The first-order valence-electron chi connectivity index (χ1n) is 6.60. The summed E-state index contributed by atoms with van der Waals surface area (Å²) in [6.07, 6.45) is 8.47. The molecule has 0 fully saturated rings. The Morgan fingerprint density at radius 2 is 2.23 bits per heavy atom. The van der Waals surface area contributed by atoms with E-state index in [1.807, 2.05) is 6.07 Å². The van der Waals surface area contributed by atoms with Crippen LogP contribution in [-0.4, -0.2) is 35.4 Å². The Morgan fingerprint density at radius 1 is 1.32 bits per heavy atom. The van der Waals surface area contributed by atoms with Gasteiger partial charge in [-0.1, -0.05) is 0 Å². The van der Waals surface area contributed by atoms with E-state index in [-0.39, 0.29) is 6.54 Å². The van der Waals surface area contributed by atoms with Gasteiger partial charge in [-0.25, -0.2) is 19.9 Å². The highest BCUT2D eigenvalue weighted by molar-refractivity contribution is 5.92. The molecule has 0 bridgehead atoms. The van der Waals surface area contributed by atoms with Crippen LogP contribution in [0.5, 0.6) is 0 Å². The molecule has 108 valence electrons. The summed E-state index contributed by atoms with van der Waals surface area (Å²) in [6, 6.07) is 1.85. The minimum absolute atomic E-state index is 0.0803. The van der Waals surface area contributed by atoms with E-state index in [2.05, 4.69) is 24.9 Å². The fraction of sp³-hybridized carbons (Fsp3) is 0.0714. The molecule has 4 aromatic rings. The lowest BCUT2D eigenvalue weighted by Gasteiger charge is -2.03. The molecule has 0 unspecified atom stereocenters. The lowest BCUT2D eigenvalue weighted by atomic mass is 10.2. The number of carbonyl (C=O) groups is 1. The fourth-order valence-electron chi connectivity index (χ4n) is 2.44. The summed E-state index contributed by atoms with van der Waals surface area (Å²) in [4.78, 5) is 31.3. The van der Waals surface area contributed by atoms with Gasteiger partial charge in [-0.2, -0.15) is 0 Å². The van der Waals surface area contributed by atoms with E-state index in [9.17, 15) is 4.79 Å². The number of rotatable bonds is 3. The molecule has 0 aliphatic heterocycles. The van der Waals surface area contributed by atoms with Gasteiger partial charge in [0, 0.05) is 41.1 Å². The first-order valence-corrected chi connectivity index (χ1v) is 6.60. The van der Waals surface area contributed by atoms with Gasteiger partial charge in [0.25, 0.3) is 0 Å². The van der Waals surface area contributed by atoms with E-state index in [0.29, 0.717) is 11.5 Å². The van der Waals surface area contributed by atoms with Gasteiger partial charge in [-0.3, -0.25) is 4.79 Å². The number of nitrogens with zero attached hydrogens (tertiary/aromatic N) is 5.